The molecule has 92 valence electrons. The number of carbonyl (C=O) groups is 1. The topological polar surface area (TPSA) is 35.5 Å². The van der Waals surface area contributed by atoms with Crippen molar-refractivity contribution in [2.45, 2.75) is 12.3 Å². The van der Waals surface area contributed by atoms with Gasteiger partial charge in [-0.05, 0) is 31.2 Å². The first-order chi connectivity index (χ1) is 8.12. The largest absolute Gasteiger partial charge is 0.463 e. The Bertz CT molecular complexity index is 443. The van der Waals surface area contributed by atoms with Crippen molar-refractivity contribution in [3.63, 3.8) is 0 Å². The second kappa shape index (κ2) is 6.67. The van der Waals surface area contributed by atoms with Gasteiger partial charge in [0.1, 0.15) is 5.75 Å². The molecule has 0 N–H and O–H groups in total. The zero-order valence-electron chi connectivity index (χ0n) is 9.50. The molecule has 0 fully saturated rings. The standard InChI is InChI=1S/C12H12BrClO3/c1-3-10(12(15)16-2)17-11-5-4-9(14)6-8(11)7-13/h3-6H,7H2,1-2H3. The van der Waals surface area contributed by atoms with E-state index in [9.17, 15) is 4.79 Å². The summed E-state index contributed by atoms with van der Waals surface area (Å²) >= 11 is 9.21. The fourth-order valence-corrected chi connectivity index (χ4v) is 1.82. The number of halogens is 2. The Kier molecular flexibility index (Phi) is 5.51. The second-order valence-electron chi connectivity index (χ2n) is 3.13. The fraction of sp³-hybridized carbons (Fsp3) is 0.250. The molecule has 0 unspecified atom stereocenters. The Balaban J connectivity index is 2.98. The second-order valence-corrected chi connectivity index (χ2v) is 4.13. The van der Waals surface area contributed by atoms with Crippen molar-refractivity contribution in [3.05, 3.63) is 40.6 Å². The van der Waals surface area contributed by atoms with Gasteiger partial charge in [0, 0.05) is 15.9 Å². The molecule has 17 heavy (non-hydrogen) atoms. The molecule has 0 atom stereocenters. The average molecular weight is 320 g/mol. The maximum atomic E-state index is 11.4. The monoisotopic (exact) mass is 318 g/mol. The molecule has 5 heteroatoms. The van der Waals surface area contributed by atoms with Gasteiger partial charge in [-0.1, -0.05) is 27.5 Å². The molecule has 0 spiro atoms. The maximum absolute atomic E-state index is 11.4. The minimum atomic E-state index is -0.511. The SMILES string of the molecule is CC=C(Oc1ccc(Cl)cc1CBr)C(=O)OC. The molecule has 0 aliphatic rings. The number of hydrogen-bond acceptors (Lipinski definition) is 3. The molecule has 0 aliphatic heterocycles. The number of allylic oxidation sites excluding steroid dienone is 1. The summed E-state index contributed by atoms with van der Waals surface area (Å²) in [6, 6.07) is 5.19. The molecule has 0 aliphatic carbocycles. The summed E-state index contributed by atoms with van der Waals surface area (Å²) in [4.78, 5) is 11.4. The van der Waals surface area contributed by atoms with Gasteiger partial charge < -0.3 is 9.47 Å². The highest BCUT2D eigenvalue weighted by molar-refractivity contribution is 9.08. The van der Waals surface area contributed by atoms with E-state index >= 15 is 0 Å². The van der Waals surface area contributed by atoms with Gasteiger partial charge >= 0.3 is 5.97 Å². The zero-order chi connectivity index (χ0) is 12.8. The van der Waals surface area contributed by atoms with Crippen molar-refractivity contribution < 1.29 is 14.3 Å². The number of esters is 1. The summed E-state index contributed by atoms with van der Waals surface area (Å²) < 4.78 is 10.1. The van der Waals surface area contributed by atoms with E-state index in [2.05, 4.69) is 20.7 Å². The number of hydrogen-bond donors (Lipinski definition) is 0. The normalized spacial score (nSPS) is 11.2. The van der Waals surface area contributed by atoms with Crippen molar-refractivity contribution >= 4 is 33.5 Å². The van der Waals surface area contributed by atoms with Crippen LogP contribution < -0.4 is 4.74 Å². The van der Waals surface area contributed by atoms with Crippen LogP contribution in [0.1, 0.15) is 12.5 Å². The Hall–Kier alpha value is -1.00. The molecule has 0 saturated carbocycles. The van der Waals surface area contributed by atoms with E-state index < -0.39 is 5.97 Å². The molecule has 1 aromatic rings. The Labute approximate surface area is 113 Å². The fourth-order valence-electron chi connectivity index (χ4n) is 1.19. The van der Waals surface area contributed by atoms with Crippen LogP contribution in [-0.2, 0) is 14.9 Å². The van der Waals surface area contributed by atoms with Gasteiger partial charge in [0.25, 0.3) is 0 Å². The average Bonchev–Trinajstić information content (AvgIpc) is 2.36. The van der Waals surface area contributed by atoms with Crippen LogP contribution >= 0.6 is 27.5 Å². The van der Waals surface area contributed by atoms with E-state index in [1.54, 1.807) is 31.2 Å². The van der Waals surface area contributed by atoms with E-state index in [4.69, 9.17) is 16.3 Å². The Morgan fingerprint density at radius 3 is 2.76 bits per heavy atom. The first-order valence-corrected chi connectivity index (χ1v) is 6.39. The summed E-state index contributed by atoms with van der Waals surface area (Å²) in [5.74, 6) is 0.213. The van der Waals surface area contributed by atoms with Crippen LogP contribution in [0.25, 0.3) is 0 Å². The number of carbonyl (C=O) groups excluding carboxylic acids is 1. The lowest BCUT2D eigenvalue weighted by Crippen LogP contribution is -2.11. The van der Waals surface area contributed by atoms with E-state index in [1.165, 1.54) is 7.11 Å². The maximum Gasteiger partial charge on any atom is 0.373 e. The van der Waals surface area contributed by atoms with E-state index in [-0.39, 0.29) is 5.76 Å². The van der Waals surface area contributed by atoms with Gasteiger partial charge in [0.05, 0.1) is 7.11 Å². The smallest absolute Gasteiger partial charge is 0.373 e. The number of ether oxygens (including phenoxy) is 2. The molecule has 0 radical (unpaired) electrons. The molecule has 0 heterocycles. The number of rotatable bonds is 4. The zero-order valence-corrected chi connectivity index (χ0v) is 11.8. The summed E-state index contributed by atoms with van der Waals surface area (Å²) in [5.41, 5.74) is 0.862. The van der Waals surface area contributed by atoms with Gasteiger partial charge in [0.2, 0.25) is 5.76 Å². The van der Waals surface area contributed by atoms with Gasteiger partial charge in [-0.2, -0.15) is 0 Å². The Morgan fingerprint density at radius 1 is 1.53 bits per heavy atom. The van der Waals surface area contributed by atoms with Gasteiger partial charge in [0.15, 0.2) is 0 Å². The third kappa shape index (κ3) is 3.75. The van der Waals surface area contributed by atoms with Crippen molar-refractivity contribution in [2.24, 2.45) is 0 Å². The Morgan fingerprint density at radius 2 is 2.24 bits per heavy atom. The van der Waals surface area contributed by atoms with E-state index in [1.807, 2.05) is 0 Å². The molecule has 0 saturated heterocycles. The summed E-state index contributed by atoms with van der Waals surface area (Å²) in [7, 11) is 1.31. The molecular weight excluding hydrogens is 307 g/mol. The predicted octanol–water partition coefficient (Wildman–Crippen LogP) is 3.69. The lowest BCUT2D eigenvalue weighted by Gasteiger charge is -2.11. The quantitative estimate of drug-likeness (QED) is 0.367. The van der Waals surface area contributed by atoms with Crippen LogP contribution in [0.2, 0.25) is 5.02 Å². The molecule has 0 bridgehead atoms. The minimum absolute atomic E-state index is 0.150. The van der Waals surface area contributed by atoms with Crippen molar-refractivity contribution in [3.8, 4) is 5.75 Å². The van der Waals surface area contributed by atoms with Crippen LogP contribution in [0, 0.1) is 0 Å². The highest BCUT2D eigenvalue weighted by atomic mass is 79.9. The number of alkyl halides is 1. The third-order valence-electron chi connectivity index (χ3n) is 2.04. The highest BCUT2D eigenvalue weighted by Gasteiger charge is 2.13. The molecule has 3 nitrogen and oxygen atoms in total. The van der Waals surface area contributed by atoms with Crippen molar-refractivity contribution in [1.82, 2.24) is 0 Å². The number of methoxy groups -OCH3 is 1. The molecular formula is C12H12BrClO3. The third-order valence-corrected chi connectivity index (χ3v) is 2.87. The van der Waals surface area contributed by atoms with Crippen molar-refractivity contribution in [2.75, 3.05) is 7.11 Å². The first-order valence-electron chi connectivity index (χ1n) is 4.89. The van der Waals surface area contributed by atoms with Crippen LogP contribution in [0.3, 0.4) is 0 Å². The summed E-state index contributed by atoms with van der Waals surface area (Å²) in [6.45, 7) is 1.70. The molecule has 0 amide bonds. The lowest BCUT2D eigenvalue weighted by atomic mass is 10.2. The predicted molar refractivity (Wildman–Crippen MR) is 70.5 cm³/mol. The van der Waals surface area contributed by atoms with Crippen LogP contribution in [0.4, 0.5) is 0 Å². The van der Waals surface area contributed by atoms with Crippen LogP contribution in [0.5, 0.6) is 5.75 Å². The van der Waals surface area contributed by atoms with Crippen molar-refractivity contribution in [1.29, 1.82) is 0 Å². The minimum Gasteiger partial charge on any atom is -0.463 e. The summed E-state index contributed by atoms with van der Waals surface area (Å²) in [6.07, 6.45) is 1.55. The van der Waals surface area contributed by atoms with Gasteiger partial charge in [-0.3, -0.25) is 0 Å². The number of benzene rings is 1. The van der Waals surface area contributed by atoms with Gasteiger partial charge in [-0.15, -0.1) is 0 Å². The van der Waals surface area contributed by atoms with Gasteiger partial charge in [-0.25, -0.2) is 4.79 Å². The van der Waals surface area contributed by atoms with Crippen LogP contribution in [-0.4, -0.2) is 13.1 Å². The molecule has 0 aromatic heterocycles. The molecule has 1 aromatic carbocycles. The van der Waals surface area contributed by atoms with E-state index in [0.717, 1.165) is 5.56 Å². The highest BCUT2D eigenvalue weighted by Crippen LogP contribution is 2.26. The molecule has 1 rings (SSSR count). The lowest BCUT2D eigenvalue weighted by molar-refractivity contribution is -0.138. The first kappa shape index (κ1) is 14.1. The summed E-state index contributed by atoms with van der Waals surface area (Å²) in [5, 5.41) is 1.20. The van der Waals surface area contributed by atoms with Crippen LogP contribution in [0.15, 0.2) is 30.0 Å². The van der Waals surface area contributed by atoms with E-state index in [0.29, 0.717) is 16.1 Å².